The number of aryl methyl sites for hydroxylation is 3. The summed E-state index contributed by atoms with van der Waals surface area (Å²) >= 11 is 6.15. The lowest BCUT2D eigenvalue weighted by Crippen LogP contribution is -2.23. The van der Waals surface area contributed by atoms with Crippen LogP contribution in [0.4, 0.5) is 0 Å². The van der Waals surface area contributed by atoms with Gasteiger partial charge in [0.25, 0.3) is 0 Å². The molecule has 3 heterocycles. The molecule has 0 saturated carbocycles. The molecule has 0 atom stereocenters. The van der Waals surface area contributed by atoms with Gasteiger partial charge in [-0.1, -0.05) is 29.8 Å². The Kier molecular flexibility index (Phi) is 5.86. The fraction of sp³-hybridized carbons (Fsp3) is 0.261. The summed E-state index contributed by atoms with van der Waals surface area (Å²) in [6.07, 6.45) is 5.04. The van der Waals surface area contributed by atoms with Gasteiger partial charge in [-0.2, -0.15) is 5.10 Å². The highest BCUT2D eigenvalue weighted by molar-refractivity contribution is 6.31. The molecule has 0 aliphatic carbocycles. The van der Waals surface area contributed by atoms with Crippen molar-refractivity contribution >= 4 is 28.5 Å². The van der Waals surface area contributed by atoms with Crippen molar-refractivity contribution in [3.05, 3.63) is 76.7 Å². The number of nitrogens with zero attached hydrogens (tertiary/aromatic N) is 4. The number of pyridine rings is 1. The molecule has 1 N–H and O–H groups in total. The summed E-state index contributed by atoms with van der Waals surface area (Å²) in [4.78, 5) is 17.0. The van der Waals surface area contributed by atoms with Crippen molar-refractivity contribution < 1.29 is 4.79 Å². The molecule has 4 rings (SSSR count). The molecule has 0 fully saturated rings. The van der Waals surface area contributed by atoms with Gasteiger partial charge in [0.15, 0.2) is 11.5 Å². The van der Waals surface area contributed by atoms with Crippen molar-refractivity contribution in [1.29, 1.82) is 0 Å². The Labute approximate surface area is 180 Å². The Morgan fingerprint density at radius 1 is 1.13 bits per heavy atom. The van der Waals surface area contributed by atoms with Crippen molar-refractivity contribution in [3.8, 4) is 5.82 Å². The number of hydrogen-bond acceptors (Lipinski definition) is 3. The van der Waals surface area contributed by atoms with Crippen LogP contribution in [0.25, 0.3) is 16.9 Å². The van der Waals surface area contributed by atoms with Crippen molar-refractivity contribution in [2.45, 2.75) is 39.8 Å². The monoisotopic (exact) mass is 421 g/mol. The molecule has 0 radical (unpaired) electrons. The molecule has 0 spiro atoms. The molecule has 6 nitrogen and oxygen atoms in total. The average Bonchev–Trinajstić information content (AvgIpc) is 3.36. The van der Waals surface area contributed by atoms with E-state index in [1.165, 1.54) is 0 Å². The molecule has 154 valence electrons. The number of carbonyl (C=O) groups excluding carboxylic acids is 1. The second-order valence-electron chi connectivity index (χ2n) is 7.39. The fourth-order valence-electron chi connectivity index (χ4n) is 3.62. The van der Waals surface area contributed by atoms with Crippen LogP contribution in [0.15, 0.2) is 54.9 Å². The van der Waals surface area contributed by atoms with E-state index in [2.05, 4.69) is 18.3 Å². The molecular formula is C23H24ClN5O. The van der Waals surface area contributed by atoms with E-state index in [1.54, 1.807) is 0 Å². The van der Waals surface area contributed by atoms with E-state index in [-0.39, 0.29) is 5.91 Å². The summed E-state index contributed by atoms with van der Waals surface area (Å²) in [6.45, 7) is 5.12. The van der Waals surface area contributed by atoms with Gasteiger partial charge in [-0.05, 0) is 55.7 Å². The van der Waals surface area contributed by atoms with Gasteiger partial charge in [0.1, 0.15) is 0 Å². The molecule has 1 aromatic carbocycles. The van der Waals surface area contributed by atoms with Crippen LogP contribution in [0, 0.1) is 13.8 Å². The van der Waals surface area contributed by atoms with Crippen LogP contribution in [0.3, 0.4) is 0 Å². The van der Waals surface area contributed by atoms with E-state index in [4.69, 9.17) is 21.7 Å². The van der Waals surface area contributed by atoms with Gasteiger partial charge < -0.3 is 9.88 Å². The third-order valence-corrected chi connectivity index (χ3v) is 5.43. The molecule has 0 aliphatic rings. The summed E-state index contributed by atoms with van der Waals surface area (Å²) in [5.41, 5.74) is 3.87. The first-order valence-electron chi connectivity index (χ1n) is 10.0. The van der Waals surface area contributed by atoms with Gasteiger partial charge in [-0.15, -0.1) is 0 Å². The molecule has 0 saturated heterocycles. The van der Waals surface area contributed by atoms with E-state index < -0.39 is 0 Å². The van der Waals surface area contributed by atoms with Crippen molar-refractivity contribution in [3.63, 3.8) is 0 Å². The van der Waals surface area contributed by atoms with E-state index >= 15 is 0 Å². The molecule has 0 bridgehead atoms. The minimum absolute atomic E-state index is 0.00247. The highest BCUT2D eigenvalue weighted by Crippen LogP contribution is 2.25. The van der Waals surface area contributed by atoms with Crippen molar-refractivity contribution in [2.75, 3.05) is 0 Å². The zero-order valence-corrected chi connectivity index (χ0v) is 17.9. The Bertz CT molecular complexity index is 1180. The Balaban J connectivity index is 1.45. The fourth-order valence-corrected chi connectivity index (χ4v) is 3.82. The molecular weight excluding hydrogens is 398 g/mol. The van der Waals surface area contributed by atoms with E-state index in [9.17, 15) is 4.79 Å². The van der Waals surface area contributed by atoms with Crippen LogP contribution < -0.4 is 5.32 Å². The Morgan fingerprint density at radius 2 is 1.90 bits per heavy atom. The lowest BCUT2D eigenvalue weighted by Gasteiger charge is -2.07. The number of hydrogen-bond donors (Lipinski definition) is 1. The van der Waals surface area contributed by atoms with Crippen molar-refractivity contribution in [1.82, 2.24) is 24.6 Å². The lowest BCUT2D eigenvalue weighted by atomic mass is 10.2. The number of amides is 1. The van der Waals surface area contributed by atoms with Crippen LogP contribution >= 0.6 is 11.6 Å². The smallest absolute Gasteiger partial charge is 0.220 e. The number of nitrogens with one attached hydrogen (secondary N) is 1. The zero-order chi connectivity index (χ0) is 21.1. The molecule has 1 amide bonds. The first kappa shape index (κ1) is 20.2. The van der Waals surface area contributed by atoms with Gasteiger partial charge in [-0.25, -0.2) is 9.67 Å². The normalized spacial score (nSPS) is 11.2. The van der Waals surface area contributed by atoms with E-state index in [0.29, 0.717) is 31.0 Å². The molecule has 0 aliphatic heterocycles. The van der Waals surface area contributed by atoms with Crippen LogP contribution in [-0.4, -0.2) is 25.2 Å². The number of benzene rings is 1. The molecule has 7 heteroatoms. The topological polar surface area (TPSA) is 64.7 Å². The number of rotatable bonds is 7. The van der Waals surface area contributed by atoms with Gasteiger partial charge in [0, 0.05) is 42.6 Å². The first-order chi connectivity index (χ1) is 14.5. The second-order valence-corrected chi connectivity index (χ2v) is 7.80. The van der Waals surface area contributed by atoms with Gasteiger partial charge in [0.2, 0.25) is 5.91 Å². The zero-order valence-electron chi connectivity index (χ0n) is 17.1. The van der Waals surface area contributed by atoms with E-state index in [0.717, 1.165) is 33.7 Å². The summed E-state index contributed by atoms with van der Waals surface area (Å²) < 4.78 is 3.91. The molecule has 4 aromatic rings. The summed E-state index contributed by atoms with van der Waals surface area (Å²) in [6, 6.07) is 13.6. The number of aromatic nitrogens is 4. The molecule has 30 heavy (non-hydrogen) atoms. The highest BCUT2D eigenvalue weighted by Gasteiger charge is 2.16. The Hall–Kier alpha value is -3.12. The maximum atomic E-state index is 12.3. The largest absolute Gasteiger partial charge is 0.352 e. The maximum Gasteiger partial charge on any atom is 0.220 e. The third-order valence-electron chi connectivity index (χ3n) is 5.07. The van der Waals surface area contributed by atoms with Crippen LogP contribution in [0.5, 0.6) is 0 Å². The lowest BCUT2D eigenvalue weighted by molar-refractivity contribution is -0.121. The van der Waals surface area contributed by atoms with Crippen LogP contribution in [0.1, 0.15) is 29.7 Å². The molecule has 3 aromatic heterocycles. The highest BCUT2D eigenvalue weighted by atomic mass is 35.5. The van der Waals surface area contributed by atoms with Crippen LogP contribution in [0.2, 0.25) is 5.02 Å². The Morgan fingerprint density at radius 3 is 2.67 bits per heavy atom. The summed E-state index contributed by atoms with van der Waals surface area (Å²) in [5, 5.41) is 9.44. The number of halogens is 1. The van der Waals surface area contributed by atoms with Gasteiger partial charge in [0.05, 0.1) is 5.39 Å². The van der Waals surface area contributed by atoms with Gasteiger partial charge in [-0.3, -0.25) is 4.79 Å². The van der Waals surface area contributed by atoms with E-state index in [1.807, 2.05) is 65.0 Å². The minimum Gasteiger partial charge on any atom is -0.352 e. The third kappa shape index (κ3) is 4.24. The van der Waals surface area contributed by atoms with Crippen molar-refractivity contribution in [2.24, 2.45) is 0 Å². The first-order valence-corrected chi connectivity index (χ1v) is 10.4. The second kappa shape index (κ2) is 8.71. The standard InChI is InChI=1S/C23H24ClN5O/c1-16-14-17(2)26-22-21(16)23(28-11-5-6-12-28)27-29(22)13-7-10-20(30)25-15-18-8-3-4-9-19(18)24/h3-6,8-9,11-12,14H,7,10,13,15H2,1-2H3,(H,25,30). The van der Waals surface area contributed by atoms with Crippen LogP contribution in [-0.2, 0) is 17.9 Å². The average molecular weight is 422 g/mol. The molecule has 0 unspecified atom stereocenters. The maximum absolute atomic E-state index is 12.3. The quantitative estimate of drug-likeness (QED) is 0.474. The minimum atomic E-state index is -0.00247. The number of carbonyl (C=O) groups is 1. The van der Waals surface area contributed by atoms with Gasteiger partial charge >= 0.3 is 0 Å². The summed E-state index contributed by atoms with van der Waals surface area (Å²) in [5.74, 6) is 0.862. The SMILES string of the molecule is Cc1cc(C)c2c(-n3cccc3)nn(CCCC(=O)NCc3ccccc3Cl)c2n1. The predicted molar refractivity (Wildman–Crippen MR) is 119 cm³/mol. The summed E-state index contributed by atoms with van der Waals surface area (Å²) in [7, 11) is 0. The predicted octanol–water partition coefficient (Wildman–Crippen LogP) is 4.59. The number of fused-ring (bicyclic) bond motifs is 1.